The molecular weight excluding hydrogens is 370 g/mol. The number of carbonyl (C=O) groups is 2. The molecule has 0 aliphatic rings. The summed E-state index contributed by atoms with van der Waals surface area (Å²) in [6.45, 7) is -3.39. The van der Waals surface area contributed by atoms with Crippen LogP contribution in [0.2, 0.25) is 5.02 Å². The molecule has 1 heterocycles. The van der Waals surface area contributed by atoms with Crippen molar-refractivity contribution in [1.82, 2.24) is 4.98 Å². The van der Waals surface area contributed by atoms with Crippen molar-refractivity contribution in [2.75, 3.05) is 11.9 Å². The Hall–Kier alpha value is -3.00. The molecule has 1 aromatic heterocycles. The second kappa shape index (κ2) is 9.47. The van der Waals surface area contributed by atoms with Crippen LogP contribution >= 0.6 is 11.6 Å². The number of benzene rings is 1. The van der Waals surface area contributed by atoms with Crippen LogP contribution < -0.4 is 10.1 Å². The summed E-state index contributed by atoms with van der Waals surface area (Å²) in [6.07, 6.45) is 3.88. The molecule has 0 bridgehead atoms. The van der Waals surface area contributed by atoms with Gasteiger partial charge in [0.2, 0.25) is 0 Å². The van der Waals surface area contributed by atoms with Gasteiger partial charge in [0.05, 0.1) is 5.02 Å². The van der Waals surface area contributed by atoms with Gasteiger partial charge in [-0.05, 0) is 35.9 Å². The van der Waals surface area contributed by atoms with Gasteiger partial charge in [-0.15, -0.1) is 0 Å². The van der Waals surface area contributed by atoms with E-state index in [9.17, 15) is 18.4 Å². The van der Waals surface area contributed by atoms with Gasteiger partial charge in [0.15, 0.2) is 6.61 Å². The fourth-order valence-electron chi connectivity index (χ4n) is 1.74. The number of halogens is 3. The van der Waals surface area contributed by atoms with E-state index < -0.39 is 25.1 Å². The van der Waals surface area contributed by atoms with Gasteiger partial charge in [0.1, 0.15) is 11.6 Å². The Labute approximate surface area is 152 Å². The van der Waals surface area contributed by atoms with Crippen molar-refractivity contribution >= 4 is 35.4 Å². The first-order chi connectivity index (χ1) is 12.4. The predicted octanol–water partition coefficient (Wildman–Crippen LogP) is 3.53. The van der Waals surface area contributed by atoms with Crippen LogP contribution in [0.25, 0.3) is 6.08 Å². The number of hydrogen-bond acceptors (Lipinski definition) is 5. The monoisotopic (exact) mass is 382 g/mol. The van der Waals surface area contributed by atoms with Gasteiger partial charge < -0.3 is 14.8 Å². The van der Waals surface area contributed by atoms with Gasteiger partial charge in [-0.2, -0.15) is 8.78 Å². The third-order valence-electron chi connectivity index (χ3n) is 2.86. The van der Waals surface area contributed by atoms with Crippen molar-refractivity contribution in [3.8, 4) is 5.75 Å². The van der Waals surface area contributed by atoms with Crippen molar-refractivity contribution < 1.29 is 27.8 Å². The van der Waals surface area contributed by atoms with Gasteiger partial charge in [-0.25, -0.2) is 9.78 Å². The molecule has 0 radical (unpaired) electrons. The third kappa shape index (κ3) is 6.86. The van der Waals surface area contributed by atoms with Crippen molar-refractivity contribution in [1.29, 1.82) is 0 Å². The normalized spacial score (nSPS) is 10.8. The van der Waals surface area contributed by atoms with E-state index in [1.165, 1.54) is 42.6 Å². The van der Waals surface area contributed by atoms with Gasteiger partial charge in [-0.3, -0.25) is 4.79 Å². The van der Waals surface area contributed by atoms with Crippen LogP contribution in [-0.2, 0) is 14.3 Å². The zero-order chi connectivity index (χ0) is 18.9. The minimum Gasteiger partial charge on any atom is -0.452 e. The van der Waals surface area contributed by atoms with E-state index in [1.54, 1.807) is 6.07 Å². The molecule has 0 unspecified atom stereocenters. The summed E-state index contributed by atoms with van der Waals surface area (Å²) in [4.78, 5) is 27.1. The van der Waals surface area contributed by atoms with E-state index in [0.29, 0.717) is 10.6 Å². The number of anilines is 1. The van der Waals surface area contributed by atoms with E-state index in [-0.39, 0.29) is 11.6 Å². The largest absolute Gasteiger partial charge is 0.452 e. The van der Waals surface area contributed by atoms with E-state index in [2.05, 4.69) is 15.0 Å². The van der Waals surface area contributed by atoms with Crippen molar-refractivity contribution in [2.24, 2.45) is 0 Å². The molecule has 0 atom stereocenters. The lowest BCUT2D eigenvalue weighted by atomic mass is 10.2. The Balaban J connectivity index is 1.77. The number of carbonyl (C=O) groups excluding carboxylic acids is 2. The Morgan fingerprint density at radius 1 is 1.19 bits per heavy atom. The van der Waals surface area contributed by atoms with Crippen LogP contribution in [0.5, 0.6) is 5.75 Å². The number of rotatable bonds is 7. The Morgan fingerprint density at radius 2 is 1.92 bits per heavy atom. The van der Waals surface area contributed by atoms with Crippen molar-refractivity contribution in [2.45, 2.75) is 6.61 Å². The molecular formula is C17H13ClF2N2O4. The first-order valence-electron chi connectivity index (χ1n) is 7.23. The summed E-state index contributed by atoms with van der Waals surface area (Å²) < 4.78 is 33.1. The number of hydrogen-bond donors (Lipinski definition) is 1. The third-order valence-corrected chi connectivity index (χ3v) is 3.08. The minimum atomic E-state index is -2.90. The molecule has 0 aliphatic heterocycles. The van der Waals surface area contributed by atoms with Crippen LogP contribution in [0.3, 0.4) is 0 Å². The number of amides is 1. The summed E-state index contributed by atoms with van der Waals surface area (Å²) in [6, 6.07) is 8.70. The number of ether oxygens (including phenoxy) is 2. The quantitative estimate of drug-likeness (QED) is 0.585. The molecule has 0 spiro atoms. The highest BCUT2D eigenvalue weighted by Crippen LogP contribution is 2.15. The lowest BCUT2D eigenvalue weighted by Crippen LogP contribution is -2.20. The Morgan fingerprint density at radius 3 is 2.54 bits per heavy atom. The maximum atomic E-state index is 12.0. The fraction of sp³-hybridized carbons (Fsp3) is 0.118. The molecule has 0 saturated carbocycles. The average Bonchev–Trinajstić information content (AvgIpc) is 2.61. The number of alkyl halides is 2. The Kier molecular flexibility index (Phi) is 7.04. The average molecular weight is 383 g/mol. The van der Waals surface area contributed by atoms with Crippen LogP contribution in [0.15, 0.2) is 48.7 Å². The lowest BCUT2D eigenvalue weighted by Gasteiger charge is -2.05. The SMILES string of the molecule is O=C(COC(=O)C=Cc1ccc(OC(F)F)cc1)Nc1ccc(Cl)cn1. The van der Waals surface area contributed by atoms with Gasteiger partial charge in [0.25, 0.3) is 5.91 Å². The molecule has 136 valence electrons. The number of esters is 1. The van der Waals surface area contributed by atoms with E-state index >= 15 is 0 Å². The molecule has 1 N–H and O–H groups in total. The summed E-state index contributed by atoms with van der Waals surface area (Å²) in [7, 11) is 0. The first kappa shape index (κ1) is 19.3. The molecule has 26 heavy (non-hydrogen) atoms. The number of nitrogens with one attached hydrogen (secondary N) is 1. The van der Waals surface area contributed by atoms with Crippen molar-refractivity contribution in [3.63, 3.8) is 0 Å². The van der Waals surface area contributed by atoms with Crippen LogP contribution in [-0.4, -0.2) is 30.1 Å². The highest BCUT2D eigenvalue weighted by atomic mass is 35.5. The molecule has 2 aromatic rings. The molecule has 1 aromatic carbocycles. The van der Waals surface area contributed by atoms with Crippen LogP contribution in [0, 0.1) is 0 Å². The zero-order valence-corrected chi connectivity index (χ0v) is 14.0. The standard InChI is InChI=1S/C17H13ClF2N2O4/c18-12-4-7-14(21-9-12)22-15(23)10-25-16(24)8-3-11-1-5-13(6-2-11)26-17(19)20/h1-9,17H,10H2,(H,21,22,23). The first-order valence-corrected chi connectivity index (χ1v) is 7.61. The summed E-state index contributed by atoms with van der Waals surface area (Å²) >= 11 is 5.67. The zero-order valence-electron chi connectivity index (χ0n) is 13.2. The van der Waals surface area contributed by atoms with Gasteiger partial charge in [-0.1, -0.05) is 23.7 Å². The molecule has 6 nitrogen and oxygen atoms in total. The Bertz CT molecular complexity index is 780. The number of nitrogens with zero attached hydrogens (tertiary/aromatic N) is 1. The second-order valence-corrected chi connectivity index (χ2v) is 5.23. The number of aromatic nitrogens is 1. The highest BCUT2D eigenvalue weighted by Gasteiger charge is 2.07. The van der Waals surface area contributed by atoms with Crippen LogP contribution in [0.1, 0.15) is 5.56 Å². The highest BCUT2D eigenvalue weighted by molar-refractivity contribution is 6.30. The maximum absolute atomic E-state index is 12.0. The van der Waals surface area contributed by atoms with E-state index in [4.69, 9.17) is 16.3 Å². The van der Waals surface area contributed by atoms with Crippen LogP contribution in [0.4, 0.5) is 14.6 Å². The van der Waals surface area contributed by atoms with E-state index in [0.717, 1.165) is 6.08 Å². The molecule has 1 amide bonds. The predicted molar refractivity (Wildman–Crippen MR) is 90.9 cm³/mol. The van der Waals surface area contributed by atoms with Crippen molar-refractivity contribution in [3.05, 3.63) is 59.3 Å². The van der Waals surface area contributed by atoms with E-state index in [1.807, 2.05) is 0 Å². The summed E-state index contributed by atoms with van der Waals surface area (Å²) in [5.74, 6) is -1.02. The fourth-order valence-corrected chi connectivity index (χ4v) is 1.85. The summed E-state index contributed by atoms with van der Waals surface area (Å²) in [5, 5.41) is 2.86. The molecule has 0 saturated heterocycles. The molecule has 0 aliphatic carbocycles. The maximum Gasteiger partial charge on any atom is 0.387 e. The second-order valence-electron chi connectivity index (χ2n) is 4.80. The lowest BCUT2D eigenvalue weighted by molar-refractivity contribution is -0.142. The molecule has 2 rings (SSSR count). The van der Waals surface area contributed by atoms with Gasteiger partial charge in [0, 0.05) is 12.3 Å². The molecule has 0 fully saturated rings. The molecule has 9 heteroatoms. The van der Waals surface area contributed by atoms with Gasteiger partial charge >= 0.3 is 12.6 Å². The summed E-state index contributed by atoms with van der Waals surface area (Å²) in [5.41, 5.74) is 0.568. The minimum absolute atomic E-state index is 0.00667. The number of pyridine rings is 1. The smallest absolute Gasteiger partial charge is 0.387 e. The topological polar surface area (TPSA) is 77.5 Å².